The Morgan fingerprint density at radius 2 is 2.04 bits per heavy atom. The number of hydrazone groups is 1. The first-order valence-electron chi connectivity index (χ1n) is 7.12. The molecular weight excluding hydrogens is 391 g/mol. The van der Waals surface area contributed by atoms with Crippen molar-refractivity contribution in [2.24, 2.45) is 5.10 Å². The number of nitrogens with one attached hydrogen (secondary N) is 1. The lowest BCUT2D eigenvalue weighted by Crippen LogP contribution is -2.19. The maximum Gasteiger partial charge on any atom is 0.240 e. The second kappa shape index (κ2) is 9.28. The molecule has 0 aliphatic rings. The number of ether oxygens (including phenoxy) is 1. The van der Waals surface area contributed by atoms with E-state index >= 15 is 0 Å². The number of rotatable bonds is 7. The van der Waals surface area contributed by atoms with Gasteiger partial charge in [0.05, 0.1) is 26.6 Å². The molecule has 4 nitrogen and oxygen atoms in total. The first-order chi connectivity index (χ1) is 11.5. The van der Waals surface area contributed by atoms with E-state index in [4.69, 9.17) is 39.5 Å². The number of halogens is 3. The molecule has 2 rings (SSSR count). The SMILES string of the molecule is CC(=NNC(=O)CCCOc1ccc(Cl)cc1Cl)c1ccc(Cl)s1. The van der Waals surface area contributed by atoms with E-state index in [9.17, 15) is 4.79 Å². The van der Waals surface area contributed by atoms with Crippen LogP contribution in [0, 0.1) is 0 Å². The van der Waals surface area contributed by atoms with E-state index in [1.165, 1.54) is 11.3 Å². The Morgan fingerprint density at radius 3 is 2.71 bits per heavy atom. The van der Waals surface area contributed by atoms with Crippen LogP contribution in [0.3, 0.4) is 0 Å². The molecular formula is C16H15Cl3N2O2S. The molecule has 1 amide bonds. The Bertz CT molecular complexity index is 747. The van der Waals surface area contributed by atoms with Gasteiger partial charge in [-0.1, -0.05) is 34.8 Å². The zero-order valence-corrected chi connectivity index (χ0v) is 15.9. The fraction of sp³-hybridized carbons (Fsp3) is 0.250. The monoisotopic (exact) mass is 404 g/mol. The van der Waals surface area contributed by atoms with Gasteiger partial charge in [0.25, 0.3) is 0 Å². The van der Waals surface area contributed by atoms with Gasteiger partial charge in [-0.2, -0.15) is 5.10 Å². The number of nitrogens with zero attached hydrogens (tertiary/aromatic N) is 1. The molecule has 24 heavy (non-hydrogen) atoms. The molecule has 0 aliphatic carbocycles. The van der Waals surface area contributed by atoms with Crippen LogP contribution in [0.5, 0.6) is 5.75 Å². The number of hydrogen-bond donors (Lipinski definition) is 1. The van der Waals surface area contributed by atoms with Gasteiger partial charge in [-0.15, -0.1) is 11.3 Å². The third-order valence-electron chi connectivity index (χ3n) is 2.98. The maximum atomic E-state index is 11.8. The summed E-state index contributed by atoms with van der Waals surface area (Å²) in [7, 11) is 0. The Labute approximate surface area is 159 Å². The third-order valence-corrected chi connectivity index (χ3v) is 4.85. The zero-order chi connectivity index (χ0) is 17.5. The van der Waals surface area contributed by atoms with E-state index in [0.717, 1.165) is 4.88 Å². The fourth-order valence-corrected chi connectivity index (χ4v) is 3.22. The van der Waals surface area contributed by atoms with E-state index in [-0.39, 0.29) is 5.91 Å². The van der Waals surface area contributed by atoms with Crippen molar-refractivity contribution in [3.8, 4) is 5.75 Å². The molecule has 1 heterocycles. The summed E-state index contributed by atoms with van der Waals surface area (Å²) in [6.45, 7) is 2.19. The second-order valence-corrected chi connectivity index (χ2v) is 7.42. The minimum atomic E-state index is -0.178. The molecule has 2 aromatic rings. The molecule has 1 N–H and O–H groups in total. The molecule has 8 heteroatoms. The maximum absolute atomic E-state index is 11.8. The van der Waals surface area contributed by atoms with Crippen LogP contribution in [0.4, 0.5) is 0 Å². The molecule has 0 radical (unpaired) electrons. The number of amides is 1. The van der Waals surface area contributed by atoms with E-state index < -0.39 is 0 Å². The first kappa shape index (κ1) is 19.1. The van der Waals surface area contributed by atoms with E-state index in [1.807, 2.05) is 13.0 Å². The van der Waals surface area contributed by atoms with Crippen molar-refractivity contribution < 1.29 is 9.53 Å². The molecule has 1 aromatic carbocycles. The number of hydrogen-bond acceptors (Lipinski definition) is 4. The first-order valence-corrected chi connectivity index (χ1v) is 9.07. The molecule has 0 bridgehead atoms. The lowest BCUT2D eigenvalue weighted by atomic mass is 10.3. The highest BCUT2D eigenvalue weighted by molar-refractivity contribution is 7.18. The molecule has 0 saturated carbocycles. The lowest BCUT2D eigenvalue weighted by molar-refractivity contribution is -0.121. The van der Waals surface area contributed by atoms with Crippen LogP contribution < -0.4 is 10.2 Å². The highest BCUT2D eigenvalue weighted by Gasteiger charge is 2.05. The van der Waals surface area contributed by atoms with Gasteiger partial charge < -0.3 is 4.74 Å². The highest BCUT2D eigenvalue weighted by atomic mass is 35.5. The normalized spacial score (nSPS) is 11.4. The standard InChI is InChI=1S/C16H15Cl3N2O2S/c1-10(14-6-7-15(19)24-14)20-21-16(22)3-2-8-23-13-5-4-11(17)9-12(13)18/h4-7,9H,2-3,8H2,1H3,(H,21,22). The summed E-state index contributed by atoms with van der Waals surface area (Å²) >= 11 is 19.1. The van der Waals surface area contributed by atoms with E-state index in [1.54, 1.807) is 24.3 Å². The Balaban J connectivity index is 1.71. The van der Waals surface area contributed by atoms with Crippen LogP contribution in [0.1, 0.15) is 24.6 Å². The Morgan fingerprint density at radius 1 is 1.25 bits per heavy atom. The smallest absolute Gasteiger partial charge is 0.240 e. The van der Waals surface area contributed by atoms with Crippen LogP contribution in [-0.4, -0.2) is 18.2 Å². The topological polar surface area (TPSA) is 50.7 Å². The minimum Gasteiger partial charge on any atom is -0.492 e. The second-order valence-electron chi connectivity index (χ2n) is 4.86. The molecule has 128 valence electrons. The van der Waals surface area contributed by atoms with Crippen LogP contribution in [0.25, 0.3) is 0 Å². The van der Waals surface area contributed by atoms with Crippen LogP contribution in [0.15, 0.2) is 35.4 Å². The summed E-state index contributed by atoms with van der Waals surface area (Å²) in [6.07, 6.45) is 0.845. The quantitative estimate of drug-likeness (QED) is 0.380. The summed E-state index contributed by atoms with van der Waals surface area (Å²) in [5, 5.41) is 5.05. The van der Waals surface area contributed by atoms with Gasteiger partial charge in [0.2, 0.25) is 5.91 Å². The van der Waals surface area contributed by atoms with Crippen molar-refractivity contribution >= 4 is 57.8 Å². The number of carbonyl (C=O) groups excluding carboxylic acids is 1. The summed E-state index contributed by atoms with van der Waals surface area (Å²) in [6, 6.07) is 8.66. The summed E-state index contributed by atoms with van der Waals surface area (Å²) in [4.78, 5) is 12.7. The van der Waals surface area contributed by atoms with Gasteiger partial charge in [0, 0.05) is 11.4 Å². The van der Waals surface area contributed by atoms with Gasteiger partial charge in [-0.25, -0.2) is 5.43 Å². The lowest BCUT2D eigenvalue weighted by Gasteiger charge is -2.07. The highest BCUT2D eigenvalue weighted by Crippen LogP contribution is 2.27. The molecule has 0 spiro atoms. The van der Waals surface area contributed by atoms with Gasteiger partial charge in [-0.3, -0.25) is 4.79 Å². The number of benzene rings is 1. The van der Waals surface area contributed by atoms with Crippen molar-refractivity contribution in [2.75, 3.05) is 6.61 Å². The molecule has 0 atom stereocenters. The molecule has 0 fully saturated rings. The summed E-state index contributed by atoms with van der Waals surface area (Å²) < 4.78 is 6.20. The summed E-state index contributed by atoms with van der Waals surface area (Å²) in [5.41, 5.74) is 3.23. The number of thiophene rings is 1. The van der Waals surface area contributed by atoms with Crippen molar-refractivity contribution in [3.05, 3.63) is 49.6 Å². The third kappa shape index (κ3) is 5.98. The predicted octanol–water partition coefficient (Wildman–Crippen LogP) is 5.41. The zero-order valence-electron chi connectivity index (χ0n) is 12.8. The van der Waals surface area contributed by atoms with Gasteiger partial charge in [-0.05, 0) is 43.7 Å². The summed E-state index contributed by atoms with van der Waals surface area (Å²) in [5.74, 6) is 0.368. The van der Waals surface area contributed by atoms with E-state index in [0.29, 0.717) is 45.3 Å². The predicted molar refractivity (Wildman–Crippen MR) is 101 cm³/mol. The average molecular weight is 406 g/mol. The van der Waals surface area contributed by atoms with Gasteiger partial charge >= 0.3 is 0 Å². The van der Waals surface area contributed by atoms with Crippen molar-refractivity contribution in [1.29, 1.82) is 0 Å². The molecule has 1 aromatic heterocycles. The Kier molecular flexibility index (Phi) is 7.37. The van der Waals surface area contributed by atoms with Gasteiger partial charge in [0.15, 0.2) is 0 Å². The van der Waals surface area contributed by atoms with Gasteiger partial charge in [0.1, 0.15) is 5.75 Å². The largest absolute Gasteiger partial charge is 0.492 e. The number of carbonyl (C=O) groups is 1. The van der Waals surface area contributed by atoms with Crippen LogP contribution >= 0.6 is 46.1 Å². The molecule has 0 aliphatic heterocycles. The van der Waals surface area contributed by atoms with Crippen molar-refractivity contribution in [3.63, 3.8) is 0 Å². The van der Waals surface area contributed by atoms with Crippen molar-refractivity contribution in [1.82, 2.24) is 5.43 Å². The molecule has 0 unspecified atom stereocenters. The minimum absolute atomic E-state index is 0.178. The van der Waals surface area contributed by atoms with E-state index in [2.05, 4.69) is 10.5 Å². The Hall–Kier alpha value is -1.27. The molecule has 0 saturated heterocycles. The van der Waals surface area contributed by atoms with Crippen LogP contribution in [-0.2, 0) is 4.79 Å². The van der Waals surface area contributed by atoms with Crippen molar-refractivity contribution in [2.45, 2.75) is 19.8 Å². The average Bonchev–Trinajstić information content (AvgIpc) is 2.97. The fourth-order valence-electron chi connectivity index (χ4n) is 1.77. The van der Waals surface area contributed by atoms with Crippen LogP contribution in [0.2, 0.25) is 14.4 Å².